The number of rotatable bonds is 3. The van der Waals surface area contributed by atoms with Gasteiger partial charge in [0, 0.05) is 24.0 Å². The molecule has 7 nitrogen and oxygen atoms in total. The van der Waals surface area contributed by atoms with Crippen molar-refractivity contribution in [3.05, 3.63) is 30.0 Å². The second-order valence-electron chi connectivity index (χ2n) is 4.82. The number of aromatic nitrogens is 2. The number of amides is 1. The van der Waals surface area contributed by atoms with Crippen LogP contribution in [0.3, 0.4) is 0 Å². The van der Waals surface area contributed by atoms with Crippen LogP contribution in [0.25, 0.3) is 10.9 Å². The molecule has 3 N–H and O–H groups in total. The summed E-state index contributed by atoms with van der Waals surface area (Å²) in [5, 5.41) is 19.3. The molecule has 3 rings (SSSR count). The van der Waals surface area contributed by atoms with E-state index in [1.54, 1.807) is 24.4 Å². The highest BCUT2D eigenvalue weighted by atomic mass is 16.5. The minimum atomic E-state index is -1.33. The van der Waals surface area contributed by atoms with Gasteiger partial charge in [0.15, 0.2) is 5.54 Å². The first-order valence-corrected chi connectivity index (χ1v) is 6.17. The van der Waals surface area contributed by atoms with Gasteiger partial charge in [-0.25, -0.2) is 4.79 Å². The lowest BCUT2D eigenvalue weighted by Crippen LogP contribution is -2.55. The standard InChI is InChI=1S/C13H13N3O4/c17-11(15-13(12(18)19)3-4-20-7-13)8-1-2-10-9(5-8)6-14-16-10/h1-2,5-6H,3-4,7H2,(H,14,16)(H,15,17)(H,18,19). The fraction of sp³-hybridized carbons (Fsp3) is 0.308. The molecule has 2 heterocycles. The van der Waals surface area contributed by atoms with Gasteiger partial charge in [0.25, 0.3) is 5.91 Å². The third-order valence-corrected chi connectivity index (χ3v) is 3.49. The van der Waals surface area contributed by atoms with Crippen molar-refractivity contribution in [1.82, 2.24) is 15.5 Å². The first-order valence-electron chi connectivity index (χ1n) is 6.17. The van der Waals surface area contributed by atoms with Crippen LogP contribution in [0.2, 0.25) is 0 Å². The fourth-order valence-corrected chi connectivity index (χ4v) is 2.26. The van der Waals surface area contributed by atoms with Gasteiger partial charge in [-0.2, -0.15) is 5.10 Å². The summed E-state index contributed by atoms with van der Waals surface area (Å²) in [4.78, 5) is 23.6. The van der Waals surface area contributed by atoms with Crippen molar-refractivity contribution in [3.63, 3.8) is 0 Å². The Morgan fingerprint density at radius 2 is 2.30 bits per heavy atom. The molecule has 0 spiro atoms. The number of H-pyrrole nitrogens is 1. The maximum Gasteiger partial charge on any atom is 0.331 e. The predicted octanol–water partition coefficient (Wildman–Crippen LogP) is 0.536. The third kappa shape index (κ3) is 2.01. The molecule has 1 aromatic carbocycles. The van der Waals surface area contributed by atoms with Crippen LogP contribution < -0.4 is 5.32 Å². The Hall–Kier alpha value is -2.41. The number of hydrogen-bond acceptors (Lipinski definition) is 4. The summed E-state index contributed by atoms with van der Waals surface area (Å²) in [5.41, 5.74) is -0.118. The Morgan fingerprint density at radius 3 is 3.00 bits per heavy atom. The smallest absolute Gasteiger partial charge is 0.331 e. The molecule has 2 aromatic rings. The van der Waals surface area contributed by atoms with Crippen molar-refractivity contribution < 1.29 is 19.4 Å². The first-order chi connectivity index (χ1) is 9.61. The highest BCUT2D eigenvalue weighted by Crippen LogP contribution is 2.20. The molecule has 20 heavy (non-hydrogen) atoms. The van der Waals surface area contributed by atoms with E-state index in [1.165, 1.54) is 0 Å². The number of aromatic amines is 1. The number of carbonyl (C=O) groups is 2. The molecule has 1 saturated heterocycles. The average Bonchev–Trinajstić information content (AvgIpc) is 3.06. The van der Waals surface area contributed by atoms with E-state index in [0.717, 1.165) is 10.9 Å². The second kappa shape index (κ2) is 4.61. The molecule has 1 aliphatic heterocycles. The Kier molecular flexibility index (Phi) is 2.90. The number of carboxylic acid groups (broad SMARTS) is 1. The van der Waals surface area contributed by atoms with E-state index in [9.17, 15) is 14.7 Å². The number of ether oxygens (including phenoxy) is 1. The molecule has 1 unspecified atom stereocenters. The van der Waals surface area contributed by atoms with Gasteiger partial charge in [0.05, 0.1) is 18.3 Å². The zero-order chi connectivity index (χ0) is 14.2. The highest BCUT2D eigenvalue weighted by Gasteiger charge is 2.44. The van der Waals surface area contributed by atoms with Crippen molar-refractivity contribution in [2.45, 2.75) is 12.0 Å². The zero-order valence-corrected chi connectivity index (χ0v) is 10.5. The van der Waals surface area contributed by atoms with Crippen molar-refractivity contribution in [1.29, 1.82) is 0 Å². The number of hydrogen-bond donors (Lipinski definition) is 3. The normalized spacial score (nSPS) is 22.0. The average molecular weight is 275 g/mol. The maximum atomic E-state index is 12.2. The summed E-state index contributed by atoms with van der Waals surface area (Å²) >= 11 is 0. The summed E-state index contributed by atoms with van der Waals surface area (Å²) in [5.74, 6) is -1.51. The number of nitrogens with zero attached hydrogens (tertiary/aromatic N) is 1. The number of aliphatic carboxylic acids is 1. The maximum absolute atomic E-state index is 12.2. The molecule has 1 aliphatic rings. The van der Waals surface area contributed by atoms with Gasteiger partial charge in [-0.15, -0.1) is 0 Å². The molecule has 104 valence electrons. The van der Waals surface area contributed by atoms with Crippen LogP contribution in [-0.4, -0.2) is 45.9 Å². The van der Waals surface area contributed by atoms with Gasteiger partial charge in [0.1, 0.15) is 0 Å². The van der Waals surface area contributed by atoms with Crippen LogP contribution in [0.1, 0.15) is 16.8 Å². The molecule has 7 heteroatoms. The van der Waals surface area contributed by atoms with Gasteiger partial charge in [-0.1, -0.05) is 0 Å². The molecule has 0 radical (unpaired) electrons. The molecule has 1 aromatic heterocycles. The minimum absolute atomic E-state index is 0.0119. The minimum Gasteiger partial charge on any atom is -0.479 e. The van der Waals surface area contributed by atoms with Crippen LogP contribution in [0.5, 0.6) is 0 Å². The van der Waals surface area contributed by atoms with Gasteiger partial charge in [-0.3, -0.25) is 9.89 Å². The van der Waals surface area contributed by atoms with E-state index < -0.39 is 17.4 Å². The van der Waals surface area contributed by atoms with Crippen molar-refractivity contribution in [2.75, 3.05) is 13.2 Å². The molecular weight excluding hydrogens is 262 g/mol. The van der Waals surface area contributed by atoms with Gasteiger partial charge in [-0.05, 0) is 18.2 Å². The summed E-state index contributed by atoms with van der Waals surface area (Å²) in [6.07, 6.45) is 1.87. The third-order valence-electron chi connectivity index (χ3n) is 3.49. The van der Waals surface area contributed by atoms with Crippen LogP contribution in [0.4, 0.5) is 0 Å². The Balaban J connectivity index is 1.86. The van der Waals surface area contributed by atoms with Crippen molar-refractivity contribution >= 4 is 22.8 Å². The van der Waals surface area contributed by atoms with E-state index in [4.69, 9.17) is 4.74 Å². The molecule has 0 aliphatic carbocycles. The lowest BCUT2D eigenvalue weighted by atomic mass is 9.98. The van der Waals surface area contributed by atoms with E-state index in [1.807, 2.05) is 0 Å². The van der Waals surface area contributed by atoms with Crippen LogP contribution in [0.15, 0.2) is 24.4 Å². The number of carboxylic acids is 1. The fourth-order valence-electron chi connectivity index (χ4n) is 2.26. The Labute approximate surface area is 113 Å². The Morgan fingerprint density at radius 1 is 1.45 bits per heavy atom. The summed E-state index contributed by atoms with van der Waals surface area (Å²) in [6, 6.07) is 5.02. The van der Waals surface area contributed by atoms with E-state index in [2.05, 4.69) is 15.5 Å². The van der Waals surface area contributed by atoms with E-state index >= 15 is 0 Å². The lowest BCUT2D eigenvalue weighted by molar-refractivity contribution is -0.144. The molecule has 1 atom stereocenters. The van der Waals surface area contributed by atoms with Gasteiger partial charge in [0.2, 0.25) is 0 Å². The van der Waals surface area contributed by atoms with E-state index in [-0.39, 0.29) is 13.0 Å². The molecule has 0 bridgehead atoms. The van der Waals surface area contributed by atoms with Crippen LogP contribution >= 0.6 is 0 Å². The number of nitrogens with one attached hydrogen (secondary N) is 2. The number of carbonyl (C=O) groups excluding carboxylic acids is 1. The summed E-state index contributed by atoms with van der Waals surface area (Å²) < 4.78 is 5.11. The molecule has 0 saturated carbocycles. The van der Waals surface area contributed by atoms with Crippen LogP contribution in [-0.2, 0) is 9.53 Å². The van der Waals surface area contributed by atoms with E-state index in [0.29, 0.717) is 12.2 Å². The SMILES string of the molecule is O=C(NC1(C(=O)O)CCOC1)c1ccc2[nH]ncc2c1. The largest absolute Gasteiger partial charge is 0.479 e. The molecular formula is C13H13N3O4. The van der Waals surface area contributed by atoms with Gasteiger partial charge < -0.3 is 15.2 Å². The molecule has 1 fully saturated rings. The number of benzene rings is 1. The quantitative estimate of drug-likeness (QED) is 0.758. The van der Waals surface area contributed by atoms with Crippen LogP contribution in [0, 0.1) is 0 Å². The van der Waals surface area contributed by atoms with Gasteiger partial charge >= 0.3 is 5.97 Å². The topological polar surface area (TPSA) is 104 Å². The number of fused-ring (bicyclic) bond motifs is 1. The second-order valence-corrected chi connectivity index (χ2v) is 4.82. The summed E-state index contributed by atoms with van der Waals surface area (Å²) in [7, 11) is 0. The zero-order valence-electron chi connectivity index (χ0n) is 10.5. The monoisotopic (exact) mass is 275 g/mol. The lowest BCUT2D eigenvalue weighted by Gasteiger charge is -2.23. The Bertz CT molecular complexity index is 673. The van der Waals surface area contributed by atoms with Crippen molar-refractivity contribution in [2.24, 2.45) is 0 Å². The summed E-state index contributed by atoms with van der Waals surface area (Å²) in [6.45, 7) is 0.315. The van der Waals surface area contributed by atoms with Crippen molar-refractivity contribution in [3.8, 4) is 0 Å². The predicted molar refractivity (Wildman–Crippen MR) is 69.4 cm³/mol. The first kappa shape index (κ1) is 12.6. The highest BCUT2D eigenvalue weighted by molar-refractivity contribution is 6.00. The molecule has 1 amide bonds.